The standard InChI is InChI=1S/C18H17NO4/c1-23-15-9-7-14(8-10-15)18(13-5-3-2-4-6-13)19-16(20)11-12-17(21)22/h2-12,18H,1H3,(H,19,20)(H,21,22)/p-1/t18-/m1/s1. The van der Waals surface area contributed by atoms with Crippen LogP contribution in [0.15, 0.2) is 66.7 Å². The third-order valence-corrected chi connectivity index (χ3v) is 3.24. The number of carbonyl (C=O) groups is 2. The third kappa shape index (κ3) is 4.71. The van der Waals surface area contributed by atoms with E-state index < -0.39 is 17.9 Å². The minimum atomic E-state index is -1.42. The molecule has 0 heterocycles. The molecule has 5 nitrogen and oxygen atoms in total. The number of carbonyl (C=O) groups excluding carboxylic acids is 2. The van der Waals surface area contributed by atoms with Crippen LogP contribution >= 0.6 is 0 Å². The van der Waals surface area contributed by atoms with E-state index in [-0.39, 0.29) is 0 Å². The molecule has 2 aromatic rings. The van der Waals surface area contributed by atoms with Crippen LogP contribution in [0.3, 0.4) is 0 Å². The Morgan fingerprint density at radius 2 is 1.61 bits per heavy atom. The molecule has 0 aliphatic heterocycles. The molecule has 1 N–H and O–H groups in total. The third-order valence-electron chi connectivity index (χ3n) is 3.24. The predicted molar refractivity (Wildman–Crippen MR) is 83.6 cm³/mol. The van der Waals surface area contributed by atoms with E-state index in [2.05, 4.69) is 5.32 Å². The Morgan fingerprint density at radius 3 is 2.17 bits per heavy atom. The number of aliphatic carboxylic acids is 1. The second-order valence-corrected chi connectivity index (χ2v) is 4.78. The molecule has 0 aliphatic carbocycles. The summed E-state index contributed by atoms with van der Waals surface area (Å²) in [6.07, 6.45) is 1.64. The van der Waals surface area contributed by atoms with Crippen LogP contribution in [0, 0.1) is 0 Å². The lowest BCUT2D eigenvalue weighted by Gasteiger charge is -2.19. The zero-order valence-electron chi connectivity index (χ0n) is 12.6. The zero-order valence-corrected chi connectivity index (χ0v) is 12.6. The van der Waals surface area contributed by atoms with Crippen LogP contribution in [0.4, 0.5) is 0 Å². The molecular weight excluding hydrogens is 294 g/mol. The van der Waals surface area contributed by atoms with Crippen LogP contribution in [0.25, 0.3) is 0 Å². The molecule has 0 fully saturated rings. The monoisotopic (exact) mass is 310 g/mol. The van der Waals surface area contributed by atoms with Gasteiger partial charge in [0.05, 0.1) is 19.1 Å². The quantitative estimate of drug-likeness (QED) is 0.813. The van der Waals surface area contributed by atoms with Crippen molar-refractivity contribution in [2.24, 2.45) is 0 Å². The van der Waals surface area contributed by atoms with Crippen molar-refractivity contribution >= 4 is 11.9 Å². The molecule has 5 heteroatoms. The molecule has 23 heavy (non-hydrogen) atoms. The second kappa shape index (κ2) is 7.79. The van der Waals surface area contributed by atoms with Gasteiger partial charge in [0.25, 0.3) is 0 Å². The maximum Gasteiger partial charge on any atom is 0.244 e. The Balaban J connectivity index is 2.28. The number of carboxylic acids is 1. The first-order chi connectivity index (χ1) is 11.1. The summed E-state index contributed by atoms with van der Waals surface area (Å²) in [5.41, 5.74) is 1.74. The smallest absolute Gasteiger partial charge is 0.244 e. The molecule has 118 valence electrons. The van der Waals surface area contributed by atoms with Crippen LogP contribution in [0.5, 0.6) is 5.75 Å². The van der Waals surface area contributed by atoms with Crippen molar-refractivity contribution in [2.75, 3.05) is 7.11 Å². The van der Waals surface area contributed by atoms with E-state index in [9.17, 15) is 14.7 Å². The predicted octanol–water partition coefficient (Wildman–Crippen LogP) is 1.21. The fourth-order valence-electron chi connectivity index (χ4n) is 2.14. The molecule has 0 saturated carbocycles. The first-order valence-corrected chi connectivity index (χ1v) is 6.98. The van der Waals surface area contributed by atoms with Gasteiger partial charge in [-0.25, -0.2) is 0 Å². The van der Waals surface area contributed by atoms with Gasteiger partial charge in [0.15, 0.2) is 0 Å². The number of methoxy groups -OCH3 is 1. The highest BCUT2D eigenvalue weighted by Gasteiger charge is 2.15. The number of nitrogens with one attached hydrogen (secondary N) is 1. The highest BCUT2D eigenvalue weighted by atomic mass is 16.5. The van der Waals surface area contributed by atoms with Gasteiger partial charge in [-0.2, -0.15) is 0 Å². The molecule has 1 atom stereocenters. The van der Waals surface area contributed by atoms with E-state index in [1.807, 2.05) is 42.5 Å². The van der Waals surface area contributed by atoms with Gasteiger partial charge in [-0.1, -0.05) is 42.5 Å². The summed E-state index contributed by atoms with van der Waals surface area (Å²) in [4.78, 5) is 22.3. The number of rotatable bonds is 6. The average Bonchev–Trinajstić information content (AvgIpc) is 2.59. The molecule has 0 aliphatic rings. The molecule has 0 radical (unpaired) electrons. The van der Waals surface area contributed by atoms with Gasteiger partial charge in [0, 0.05) is 6.08 Å². The van der Waals surface area contributed by atoms with Gasteiger partial charge in [0.2, 0.25) is 5.91 Å². The van der Waals surface area contributed by atoms with Gasteiger partial charge in [-0.3, -0.25) is 4.79 Å². The number of amides is 1. The minimum absolute atomic E-state index is 0.402. The maximum atomic E-state index is 11.9. The number of hydrogen-bond acceptors (Lipinski definition) is 4. The molecule has 1 amide bonds. The van der Waals surface area contributed by atoms with Crippen LogP contribution < -0.4 is 15.2 Å². The Bertz CT molecular complexity index is 693. The van der Waals surface area contributed by atoms with Gasteiger partial charge in [0.1, 0.15) is 5.75 Å². The topological polar surface area (TPSA) is 78.5 Å². The van der Waals surface area contributed by atoms with E-state index in [0.717, 1.165) is 17.2 Å². The lowest BCUT2D eigenvalue weighted by molar-refractivity contribution is -0.297. The molecule has 0 saturated heterocycles. The van der Waals surface area contributed by atoms with E-state index in [0.29, 0.717) is 11.8 Å². The van der Waals surface area contributed by atoms with Crippen molar-refractivity contribution in [3.05, 3.63) is 77.9 Å². The van der Waals surface area contributed by atoms with Crippen LogP contribution in [0.1, 0.15) is 17.2 Å². The van der Waals surface area contributed by atoms with E-state index in [1.54, 1.807) is 19.2 Å². The molecular formula is C18H16NO4-. The van der Waals surface area contributed by atoms with Gasteiger partial charge >= 0.3 is 0 Å². The highest BCUT2D eigenvalue weighted by Crippen LogP contribution is 2.24. The molecule has 2 rings (SSSR count). The van der Waals surface area contributed by atoms with E-state index in [1.165, 1.54) is 0 Å². The normalized spacial score (nSPS) is 11.9. The van der Waals surface area contributed by atoms with E-state index in [4.69, 9.17) is 4.74 Å². The highest BCUT2D eigenvalue weighted by molar-refractivity contribution is 5.93. The summed E-state index contributed by atoms with van der Waals surface area (Å²) in [6, 6.07) is 16.3. The Labute approximate surface area is 134 Å². The molecule has 0 spiro atoms. The summed E-state index contributed by atoms with van der Waals surface area (Å²) >= 11 is 0. The van der Waals surface area contributed by atoms with Crippen molar-refractivity contribution in [2.45, 2.75) is 6.04 Å². The largest absolute Gasteiger partial charge is 0.545 e. The summed E-state index contributed by atoms with van der Waals surface area (Å²) in [5.74, 6) is -1.22. The summed E-state index contributed by atoms with van der Waals surface area (Å²) in [6.45, 7) is 0. The maximum absolute atomic E-state index is 11.9. The number of benzene rings is 2. The van der Waals surface area contributed by atoms with Crippen molar-refractivity contribution in [1.82, 2.24) is 5.32 Å². The second-order valence-electron chi connectivity index (χ2n) is 4.78. The Morgan fingerprint density at radius 1 is 1.00 bits per heavy atom. The fourth-order valence-corrected chi connectivity index (χ4v) is 2.14. The summed E-state index contributed by atoms with van der Waals surface area (Å²) < 4.78 is 5.13. The molecule has 0 unspecified atom stereocenters. The van der Waals surface area contributed by atoms with Crippen molar-refractivity contribution in [1.29, 1.82) is 0 Å². The number of carboxylic acid groups (broad SMARTS) is 1. The van der Waals surface area contributed by atoms with Gasteiger partial charge < -0.3 is 20.0 Å². The number of ether oxygens (including phenoxy) is 1. The van der Waals surface area contributed by atoms with Crippen molar-refractivity contribution < 1.29 is 19.4 Å². The molecule has 2 aromatic carbocycles. The van der Waals surface area contributed by atoms with Crippen LogP contribution in [-0.4, -0.2) is 19.0 Å². The fraction of sp³-hybridized carbons (Fsp3) is 0.111. The first kappa shape index (κ1) is 16.3. The SMILES string of the molecule is COc1ccc([C@H](NC(=O)C=CC(=O)[O-])c2ccccc2)cc1. The zero-order chi connectivity index (χ0) is 16.7. The minimum Gasteiger partial charge on any atom is -0.545 e. The van der Waals surface area contributed by atoms with Crippen molar-refractivity contribution in [3.8, 4) is 5.75 Å². The summed E-state index contributed by atoms with van der Waals surface area (Å²) in [7, 11) is 1.58. The van der Waals surface area contributed by atoms with Crippen LogP contribution in [0.2, 0.25) is 0 Å². The lowest BCUT2D eigenvalue weighted by atomic mass is 9.98. The number of hydrogen-bond donors (Lipinski definition) is 1. The Kier molecular flexibility index (Phi) is 5.52. The average molecular weight is 310 g/mol. The Hall–Kier alpha value is -3.08. The van der Waals surface area contributed by atoms with Gasteiger partial charge in [-0.05, 0) is 29.3 Å². The molecule has 0 aromatic heterocycles. The lowest BCUT2D eigenvalue weighted by Crippen LogP contribution is -2.28. The summed E-state index contributed by atoms with van der Waals surface area (Å²) in [5, 5.41) is 13.2. The van der Waals surface area contributed by atoms with Crippen molar-refractivity contribution in [3.63, 3.8) is 0 Å². The van der Waals surface area contributed by atoms with E-state index >= 15 is 0 Å². The molecule has 0 bridgehead atoms. The first-order valence-electron chi connectivity index (χ1n) is 6.98. The van der Waals surface area contributed by atoms with Crippen LogP contribution in [-0.2, 0) is 9.59 Å². The van der Waals surface area contributed by atoms with Gasteiger partial charge in [-0.15, -0.1) is 0 Å².